The topological polar surface area (TPSA) is 57.8 Å². The van der Waals surface area contributed by atoms with Gasteiger partial charge in [-0.3, -0.25) is 4.79 Å². The lowest BCUT2D eigenvalue weighted by Gasteiger charge is -2.07. The fourth-order valence-electron chi connectivity index (χ4n) is 3.04. The van der Waals surface area contributed by atoms with Crippen LogP contribution >= 0.6 is 23.2 Å². The van der Waals surface area contributed by atoms with Gasteiger partial charge in [-0.25, -0.2) is 9.37 Å². The number of benzene rings is 3. The predicted octanol–water partition coefficient (Wildman–Crippen LogP) is 6.12. The monoisotopic (exact) mass is 439 g/mol. The second-order valence-electron chi connectivity index (χ2n) is 6.69. The van der Waals surface area contributed by atoms with Crippen molar-refractivity contribution in [2.75, 3.05) is 0 Å². The van der Waals surface area contributed by atoms with Crippen LogP contribution in [0.1, 0.15) is 15.9 Å². The van der Waals surface area contributed by atoms with Gasteiger partial charge in [0.05, 0.1) is 11.9 Å². The second kappa shape index (κ2) is 8.69. The summed E-state index contributed by atoms with van der Waals surface area (Å²) in [5.41, 5.74) is 3.83. The minimum atomic E-state index is -0.284. The molecule has 3 aromatic carbocycles. The predicted molar refractivity (Wildman–Crippen MR) is 117 cm³/mol. The van der Waals surface area contributed by atoms with E-state index in [2.05, 4.69) is 15.3 Å². The molecule has 4 rings (SSSR count). The molecule has 7 heteroatoms. The normalized spacial score (nSPS) is 10.8. The number of hydrogen-bond donors (Lipinski definition) is 2. The van der Waals surface area contributed by atoms with Gasteiger partial charge in [-0.1, -0.05) is 41.4 Å². The van der Waals surface area contributed by atoms with Crippen molar-refractivity contribution in [1.29, 1.82) is 0 Å². The van der Waals surface area contributed by atoms with Crippen LogP contribution in [-0.4, -0.2) is 15.9 Å². The molecule has 0 saturated heterocycles. The van der Waals surface area contributed by atoms with Crippen LogP contribution in [0.15, 0.2) is 72.9 Å². The highest BCUT2D eigenvalue weighted by Crippen LogP contribution is 2.23. The number of halogens is 3. The third-order valence-electron chi connectivity index (χ3n) is 4.51. The molecule has 4 aromatic rings. The smallest absolute Gasteiger partial charge is 0.251 e. The number of H-pyrrole nitrogens is 1. The molecular formula is C23H16Cl2FN3O. The van der Waals surface area contributed by atoms with Gasteiger partial charge in [-0.15, -0.1) is 0 Å². The maximum Gasteiger partial charge on any atom is 0.251 e. The molecule has 0 aliphatic rings. The molecule has 0 unspecified atom stereocenters. The number of carbonyl (C=O) groups is 1. The summed E-state index contributed by atoms with van der Waals surface area (Å²) in [6.07, 6.45) is 1.71. The van der Waals surface area contributed by atoms with Gasteiger partial charge in [0, 0.05) is 27.7 Å². The quantitative estimate of drug-likeness (QED) is 0.393. The van der Waals surface area contributed by atoms with E-state index in [1.54, 1.807) is 36.5 Å². The van der Waals surface area contributed by atoms with Crippen molar-refractivity contribution in [2.24, 2.45) is 0 Å². The van der Waals surface area contributed by atoms with Gasteiger partial charge in [0.1, 0.15) is 11.6 Å². The van der Waals surface area contributed by atoms with Crippen LogP contribution in [0, 0.1) is 5.82 Å². The van der Waals surface area contributed by atoms with Gasteiger partial charge < -0.3 is 10.3 Å². The van der Waals surface area contributed by atoms with E-state index in [0.717, 1.165) is 22.4 Å². The molecule has 0 spiro atoms. The van der Waals surface area contributed by atoms with Crippen LogP contribution in [-0.2, 0) is 6.54 Å². The number of nitrogens with zero attached hydrogens (tertiary/aromatic N) is 1. The Balaban J connectivity index is 1.48. The summed E-state index contributed by atoms with van der Waals surface area (Å²) in [7, 11) is 0. The van der Waals surface area contributed by atoms with Gasteiger partial charge in [0.15, 0.2) is 0 Å². The highest BCUT2D eigenvalue weighted by molar-refractivity contribution is 6.35. The Morgan fingerprint density at radius 3 is 2.43 bits per heavy atom. The van der Waals surface area contributed by atoms with Gasteiger partial charge >= 0.3 is 0 Å². The molecule has 2 N–H and O–H groups in total. The minimum Gasteiger partial charge on any atom is -0.348 e. The zero-order valence-corrected chi connectivity index (χ0v) is 17.1. The first kappa shape index (κ1) is 20.1. The Morgan fingerprint density at radius 1 is 0.967 bits per heavy atom. The van der Waals surface area contributed by atoms with E-state index in [1.165, 1.54) is 12.1 Å². The van der Waals surface area contributed by atoms with Crippen molar-refractivity contribution in [3.8, 4) is 22.6 Å². The molecule has 30 heavy (non-hydrogen) atoms. The first-order valence-corrected chi connectivity index (χ1v) is 9.88. The Hall–Kier alpha value is -3.15. The van der Waals surface area contributed by atoms with E-state index in [1.807, 2.05) is 24.3 Å². The summed E-state index contributed by atoms with van der Waals surface area (Å²) >= 11 is 11.9. The molecule has 0 aliphatic heterocycles. The van der Waals surface area contributed by atoms with Crippen LogP contribution in [0.3, 0.4) is 0 Å². The molecule has 0 saturated carbocycles. The molecule has 0 aliphatic carbocycles. The average molecular weight is 440 g/mol. The molecule has 0 radical (unpaired) electrons. The first-order valence-electron chi connectivity index (χ1n) is 9.12. The van der Waals surface area contributed by atoms with E-state index >= 15 is 0 Å². The SMILES string of the molecule is O=C(NCc1cccc(-c2ncc(-c3ccc(F)cc3)[nH]2)c1)c1cc(Cl)cc(Cl)c1. The van der Waals surface area contributed by atoms with Crippen molar-refractivity contribution in [3.05, 3.63) is 99.9 Å². The van der Waals surface area contributed by atoms with E-state index in [-0.39, 0.29) is 11.7 Å². The van der Waals surface area contributed by atoms with Crippen LogP contribution in [0.2, 0.25) is 10.0 Å². The van der Waals surface area contributed by atoms with E-state index in [4.69, 9.17) is 23.2 Å². The van der Waals surface area contributed by atoms with Crippen molar-refractivity contribution in [3.63, 3.8) is 0 Å². The van der Waals surface area contributed by atoms with Crippen molar-refractivity contribution < 1.29 is 9.18 Å². The summed E-state index contributed by atoms with van der Waals surface area (Å²) in [6.45, 7) is 0.336. The molecular weight excluding hydrogens is 424 g/mol. The number of carbonyl (C=O) groups excluding carboxylic acids is 1. The molecule has 0 fully saturated rings. The van der Waals surface area contributed by atoms with Crippen LogP contribution in [0.4, 0.5) is 4.39 Å². The maximum absolute atomic E-state index is 13.1. The molecule has 1 heterocycles. The number of imidazole rings is 1. The Labute approximate surface area is 182 Å². The minimum absolute atomic E-state index is 0.263. The maximum atomic E-state index is 13.1. The number of amides is 1. The third kappa shape index (κ3) is 4.70. The number of rotatable bonds is 5. The Kier molecular flexibility index (Phi) is 5.84. The van der Waals surface area contributed by atoms with E-state index in [9.17, 15) is 9.18 Å². The molecule has 0 bridgehead atoms. The molecule has 1 aromatic heterocycles. The number of aromatic amines is 1. The van der Waals surface area contributed by atoms with Gasteiger partial charge in [0.2, 0.25) is 0 Å². The fourth-order valence-corrected chi connectivity index (χ4v) is 3.57. The summed E-state index contributed by atoms with van der Waals surface area (Å²) < 4.78 is 13.1. The van der Waals surface area contributed by atoms with Gasteiger partial charge in [0.25, 0.3) is 5.91 Å². The summed E-state index contributed by atoms with van der Waals surface area (Å²) in [4.78, 5) is 20.1. The zero-order chi connectivity index (χ0) is 21.1. The van der Waals surface area contributed by atoms with Gasteiger partial charge in [-0.05, 0) is 59.7 Å². The lowest BCUT2D eigenvalue weighted by atomic mass is 10.1. The highest BCUT2D eigenvalue weighted by atomic mass is 35.5. The van der Waals surface area contributed by atoms with Crippen LogP contribution < -0.4 is 5.32 Å². The molecule has 0 atom stereocenters. The number of nitrogens with one attached hydrogen (secondary N) is 2. The van der Waals surface area contributed by atoms with Crippen molar-refractivity contribution in [1.82, 2.24) is 15.3 Å². The van der Waals surface area contributed by atoms with Crippen molar-refractivity contribution in [2.45, 2.75) is 6.54 Å². The molecule has 150 valence electrons. The molecule has 4 nitrogen and oxygen atoms in total. The number of hydrogen-bond acceptors (Lipinski definition) is 2. The summed E-state index contributed by atoms with van der Waals surface area (Å²) in [5, 5.41) is 3.68. The average Bonchev–Trinajstić information content (AvgIpc) is 3.22. The number of aromatic nitrogens is 2. The zero-order valence-electron chi connectivity index (χ0n) is 15.6. The second-order valence-corrected chi connectivity index (χ2v) is 7.57. The van der Waals surface area contributed by atoms with Crippen LogP contribution in [0.25, 0.3) is 22.6 Å². The summed E-state index contributed by atoms with van der Waals surface area (Å²) in [6, 6.07) is 18.6. The first-order chi connectivity index (χ1) is 14.5. The lowest BCUT2D eigenvalue weighted by molar-refractivity contribution is 0.0951. The van der Waals surface area contributed by atoms with Crippen molar-refractivity contribution >= 4 is 29.1 Å². The third-order valence-corrected chi connectivity index (χ3v) is 4.95. The highest BCUT2D eigenvalue weighted by Gasteiger charge is 2.10. The standard InChI is InChI=1S/C23H16Cl2FN3O/c24-18-9-17(10-19(25)11-18)23(30)28-12-14-2-1-3-16(8-14)22-27-13-21(29-22)15-4-6-20(26)7-5-15/h1-11,13H,12H2,(H,27,29)(H,28,30). The Morgan fingerprint density at radius 2 is 1.70 bits per heavy atom. The van der Waals surface area contributed by atoms with E-state index < -0.39 is 0 Å². The van der Waals surface area contributed by atoms with Crippen LogP contribution in [0.5, 0.6) is 0 Å². The fraction of sp³-hybridized carbons (Fsp3) is 0.0435. The Bertz CT molecular complexity index is 1190. The summed E-state index contributed by atoms with van der Waals surface area (Å²) in [5.74, 6) is 0.138. The molecule has 1 amide bonds. The van der Waals surface area contributed by atoms with Gasteiger partial charge in [-0.2, -0.15) is 0 Å². The van der Waals surface area contributed by atoms with E-state index in [0.29, 0.717) is 28.0 Å². The lowest BCUT2D eigenvalue weighted by Crippen LogP contribution is -2.22. The largest absolute Gasteiger partial charge is 0.348 e.